The predicted octanol–water partition coefficient (Wildman–Crippen LogP) is 6.83. The van der Waals surface area contributed by atoms with E-state index in [0.29, 0.717) is 88.6 Å². The maximum Gasteiger partial charge on any atom is 0.257 e. The van der Waals surface area contributed by atoms with E-state index in [9.17, 15) is 9.59 Å². The smallest absolute Gasteiger partial charge is 0.257 e. The van der Waals surface area contributed by atoms with Crippen molar-refractivity contribution in [2.45, 2.75) is 51.2 Å². The standard InChI is InChI=1S/C44H39N5O7/c1-52-34-14-30(24-55-41-18-37-35(16-39(41)53-2)43(50)48-22-28-10-6-4-8-26(28)12-32(48)20-45-37)47-31(15-34)25-56-42-19-38-36(17-40(42)54-3)44(51)49-23-29-11-7-5-9-27(29)13-33(49)21-46-38/h4-11,14-21,32-33H,12-13,22-25H2,1-3H3/t32-,33?/m0/s1. The van der Waals surface area contributed by atoms with Crippen LogP contribution in [0.25, 0.3) is 0 Å². The van der Waals surface area contributed by atoms with Crippen molar-refractivity contribution in [1.82, 2.24) is 14.8 Å². The first-order valence-corrected chi connectivity index (χ1v) is 18.5. The quantitative estimate of drug-likeness (QED) is 0.161. The van der Waals surface area contributed by atoms with Gasteiger partial charge in [0.25, 0.3) is 11.8 Å². The van der Waals surface area contributed by atoms with Gasteiger partial charge in [0.15, 0.2) is 23.0 Å². The number of pyridine rings is 1. The lowest BCUT2D eigenvalue weighted by atomic mass is 9.94. The normalized spacial score (nSPS) is 17.6. The molecule has 12 heteroatoms. The van der Waals surface area contributed by atoms with Crippen LogP contribution in [0.4, 0.5) is 11.4 Å². The Morgan fingerprint density at radius 3 is 1.45 bits per heavy atom. The van der Waals surface area contributed by atoms with Crippen molar-refractivity contribution in [2.24, 2.45) is 9.98 Å². The number of aliphatic imine (C=N–C) groups is 2. The first-order valence-electron chi connectivity index (χ1n) is 18.5. The molecule has 0 spiro atoms. The zero-order valence-corrected chi connectivity index (χ0v) is 31.2. The highest BCUT2D eigenvalue weighted by atomic mass is 16.5. The van der Waals surface area contributed by atoms with Gasteiger partial charge in [-0.05, 0) is 47.2 Å². The van der Waals surface area contributed by atoms with E-state index < -0.39 is 0 Å². The monoisotopic (exact) mass is 749 g/mol. The minimum Gasteiger partial charge on any atom is -0.497 e. The fourth-order valence-corrected chi connectivity index (χ4v) is 7.84. The molecule has 12 nitrogen and oxygen atoms in total. The predicted molar refractivity (Wildman–Crippen MR) is 209 cm³/mol. The topological polar surface area (TPSA) is 124 Å². The van der Waals surface area contributed by atoms with E-state index in [0.717, 1.165) is 11.1 Å². The number of carbonyl (C=O) groups excluding carboxylic acids is 2. The third-order valence-corrected chi connectivity index (χ3v) is 10.8. The Morgan fingerprint density at radius 2 is 1.02 bits per heavy atom. The molecule has 0 N–H and O–H groups in total. The molecule has 0 fully saturated rings. The minimum atomic E-state index is -0.149. The lowest BCUT2D eigenvalue weighted by Gasteiger charge is -2.34. The average Bonchev–Trinajstić information content (AvgIpc) is 3.45. The summed E-state index contributed by atoms with van der Waals surface area (Å²) in [5.74, 6) is 2.02. The van der Waals surface area contributed by atoms with Gasteiger partial charge in [0.2, 0.25) is 0 Å². The minimum absolute atomic E-state index is 0.0710. The molecule has 0 radical (unpaired) electrons. The van der Waals surface area contributed by atoms with Crippen molar-refractivity contribution in [1.29, 1.82) is 0 Å². The van der Waals surface area contributed by atoms with E-state index in [1.54, 1.807) is 57.7 Å². The van der Waals surface area contributed by atoms with Crippen LogP contribution in [0, 0.1) is 0 Å². The Kier molecular flexibility index (Phi) is 9.08. The van der Waals surface area contributed by atoms with E-state index in [4.69, 9.17) is 38.7 Å². The zero-order chi connectivity index (χ0) is 38.3. The molecule has 0 aliphatic carbocycles. The van der Waals surface area contributed by atoms with Crippen molar-refractivity contribution in [3.8, 4) is 28.7 Å². The van der Waals surface area contributed by atoms with Gasteiger partial charge in [-0.15, -0.1) is 0 Å². The summed E-state index contributed by atoms with van der Waals surface area (Å²) in [7, 11) is 4.66. The van der Waals surface area contributed by atoms with Gasteiger partial charge in [0.1, 0.15) is 19.0 Å². The summed E-state index contributed by atoms with van der Waals surface area (Å²) in [5, 5.41) is 0. The fourth-order valence-electron chi connectivity index (χ4n) is 7.84. The first kappa shape index (κ1) is 35.0. The number of hydrogen-bond acceptors (Lipinski definition) is 10. The number of benzene rings is 4. The molecule has 56 heavy (non-hydrogen) atoms. The van der Waals surface area contributed by atoms with Crippen LogP contribution in [0.5, 0.6) is 28.7 Å². The van der Waals surface area contributed by atoms with Crippen molar-refractivity contribution in [2.75, 3.05) is 21.3 Å². The molecule has 5 heterocycles. The van der Waals surface area contributed by atoms with E-state index in [-0.39, 0.29) is 37.1 Å². The van der Waals surface area contributed by atoms with Gasteiger partial charge >= 0.3 is 0 Å². The molecule has 9 rings (SSSR count). The van der Waals surface area contributed by atoms with Crippen molar-refractivity contribution in [3.63, 3.8) is 0 Å². The summed E-state index contributed by atoms with van der Waals surface area (Å²) in [6.07, 6.45) is 5.10. The second-order valence-corrected chi connectivity index (χ2v) is 14.1. The number of carbonyl (C=O) groups is 2. The summed E-state index contributed by atoms with van der Waals surface area (Å²) in [6, 6.07) is 26.5. The average molecular weight is 750 g/mol. The van der Waals surface area contributed by atoms with Crippen molar-refractivity contribution < 1.29 is 33.3 Å². The lowest BCUT2D eigenvalue weighted by molar-refractivity contribution is 0.0696. The molecule has 0 bridgehead atoms. The molecular formula is C44H39N5O7. The molecule has 0 saturated heterocycles. The highest BCUT2D eigenvalue weighted by Crippen LogP contribution is 2.40. The van der Waals surface area contributed by atoms with Gasteiger partial charge in [-0.2, -0.15) is 0 Å². The largest absolute Gasteiger partial charge is 0.497 e. The third kappa shape index (κ3) is 6.46. The van der Waals surface area contributed by atoms with Crippen LogP contribution in [0.3, 0.4) is 0 Å². The number of nitrogens with zero attached hydrogens (tertiary/aromatic N) is 5. The van der Waals surface area contributed by atoms with Crippen LogP contribution >= 0.6 is 0 Å². The van der Waals surface area contributed by atoms with Gasteiger partial charge in [-0.25, -0.2) is 0 Å². The highest BCUT2D eigenvalue weighted by Gasteiger charge is 2.35. The van der Waals surface area contributed by atoms with Crippen molar-refractivity contribution in [3.05, 3.63) is 130 Å². The summed E-state index contributed by atoms with van der Waals surface area (Å²) >= 11 is 0. The second-order valence-electron chi connectivity index (χ2n) is 14.1. The zero-order valence-electron chi connectivity index (χ0n) is 31.2. The fraction of sp³-hybridized carbons (Fsp3) is 0.250. The lowest BCUT2D eigenvalue weighted by Crippen LogP contribution is -2.44. The van der Waals surface area contributed by atoms with Gasteiger partial charge < -0.3 is 33.5 Å². The summed E-state index contributed by atoms with van der Waals surface area (Å²) in [5.41, 5.74) is 7.82. The highest BCUT2D eigenvalue weighted by molar-refractivity contribution is 6.04. The molecule has 2 atom stereocenters. The number of aromatic nitrogens is 1. The summed E-state index contributed by atoms with van der Waals surface area (Å²) < 4.78 is 29.5. The molecule has 1 aromatic heterocycles. The van der Waals surface area contributed by atoms with Crippen LogP contribution in [0.15, 0.2) is 94.9 Å². The Hall–Kier alpha value is -6.69. The van der Waals surface area contributed by atoms with E-state index in [2.05, 4.69) is 24.3 Å². The molecule has 282 valence electrons. The molecule has 5 aromatic rings. The number of hydrogen-bond donors (Lipinski definition) is 0. The SMILES string of the molecule is COc1cc(COc2cc3c(cc2OC)C(=O)N2Cc4ccccc4CC2C=N3)nc(COc2cc3c(cc2OC)C(=O)N2Cc4ccccc4C[C@H]2C=N3)c1. The van der Waals surface area contributed by atoms with Crippen LogP contribution in [0.2, 0.25) is 0 Å². The van der Waals surface area contributed by atoms with Crippen LogP contribution in [-0.4, -0.2) is 72.4 Å². The molecule has 2 amide bonds. The van der Waals surface area contributed by atoms with Crippen LogP contribution in [0.1, 0.15) is 54.4 Å². The summed E-state index contributed by atoms with van der Waals surface area (Å²) in [4.78, 5) is 45.7. The summed E-state index contributed by atoms with van der Waals surface area (Å²) in [6.45, 7) is 1.17. The molecule has 1 unspecified atom stereocenters. The first-order chi connectivity index (χ1) is 27.4. The van der Waals surface area contributed by atoms with E-state index in [1.165, 1.54) is 11.1 Å². The van der Waals surface area contributed by atoms with Gasteiger partial charge in [-0.1, -0.05) is 48.5 Å². The van der Waals surface area contributed by atoms with Crippen LogP contribution < -0.4 is 23.7 Å². The number of rotatable bonds is 9. The second kappa shape index (κ2) is 14.5. The third-order valence-electron chi connectivity index (χ3n) is 10.8. The van der Waals surface area contributed by atoms with E-state index in [1.807, 2.05) is 46.5 Å². The number of fused-ring (bicyclic) bond motifs is 6. The molecule has 4 aromatic carbocycles. The number of ether oxygens (including phenoxy) is 5. The maximum atomic E-state index is 13.8. The van der Waals surface area contributed by atoms with Crippen LogP contribution in [-0.2, 0) is 39.1 Å². The molecule has 4 aliphatic heterocycles. The number of amides is 2. The Bertz CT molecular complexity index is 2280. The Labute approximate surface area is 324 Å². The van der Waals surface area contributed by atoms with Gasteiger partial charge in [-0.3, -0.25) is 24.6 Å². The number of methoxy groups -OCH3 is 3. The van der Waals surface area contributed by atoms with Gasteiger partial charge in [0, 0.05) is 49.8 Å². The Balaban J connectivity index is 0.925. The van der Waals surface area contributed by atoms with Crippen molar-refractivity contribution >= 4 is 35.6 Å². The molecular weight excluding hydrogens is 711 g/mol. The van der Waals surface area contributed by atoms with Gasteiger partial charge in [0.05, 0.1) is 67.3 Å². The molecule has 4 aliphatic rings. The van der Waals surface area contributed by atoms with E-state index >= 15 is 0 Å². The maximum absolute atomic E-state index is 13.8. The Morgan fingerprint density at radius 1 is 0.571 bits per heavy atom. The molecule has 0 saturated carbocycles.